The molecule has 3 aromatic rings. The molecule has 0 bridgehead atoms. The summed E-state index contributed by atoms with van der Waals surface area (Å²) in [6.07, 6.45) is 4.55. The Balaban J connectivity index is 2.37. The smallest absolute Gasteiger partial charge is 0.306 e. The molecule has 0 aliphatic carbocycles. The third kappa shape index (κ3) is 9.27. The Hall–Kier alpha value is -3.95. The zero-order valence-corrected chi connectivity index (χ0v) is 28.0. The zero-order valence-electron chi connectivity index (χ0n) is 25.5. The zero-order chi connectivity index (χ0) is 33.0. The lowest BCUT2D eigenvalue weighted by atomic mass is 9.95. The van der Waals surface area contributed by atoms with Crippen molar-refractivity contribution in [2.75, 3.05) is 44.3 Å². The van der Waals surface area contributed by atoms with Gasteiger partial charge in [0.1, 0.15) is 12.4 Å². The maximum absolute atomic E-state index is 12.5. The average Bonchev–Trinajstić information content (AvgIpc) is 2.87. The lowest BCUT2D eigenvalue weighted by molar-refractivity contribution is 0.347. The fourth-order valence-corrected chi connectivity index (χ4v) is 5.64. The second-order valence-corrected chi connectivity index (χ2v) is 15.0. The Kier molecular flexibility index (Phi) is 10.5. The third-order valence-corrected chi connectivity index (χ3v) is 7.45. The molecule has 0 fully saturated rings. The first kappa shape index (κ1) is 34.5. The van der Waals surface area contributed by atoms with Crippen LogP contribution in [0.15, 0.2) is 54.1 Å². The number of allylic oxidation sites excluding steroid dienone is 1. The van der Waals surface area contributed by atoms with Gasteiger partial charge in [0.05, 0.1) is 44.2 Å². The van der Waals surface area contributed by atoms with Crippen molar-refractivity contribution in [3.63, 3.8) is 0 Å². The molecule has 0 spiro atoms. The molecule has 44 heavy (non-hydrogen) atoms. The van der Waals surface area contributed by atoms with E-state index in [1.165, 1.54) is 26.4 Å². The molecule has 0 unspecified atom stereocenters. The average molecular weight is 670 g/mol. The second-order valence-electron chi connectivity index (χ2n) is 10.1. The molecule has 3 aromatic carbocycles. The van der Waals surface area contributed by atoms with Crippen LogP contribution in [-0.2, 0) is 30.3 Å². The fourth-order valence-electron chi connectivity index (χ4n) is 4.11. The highest BCUT2D eigenvalue weighted by atomic mass is 32.2. The van der Waals surface area contributed by atoms with Crippen LogP contribution in [-0.4, -0.2) is 64.8 Å². The minimum absolute atomic E-state index is 0.0187. The van der Waals surface area contributed by atoms with Crippen molar-refractivity contribution in [3.8, 4) is 51.0 Å². The molecule has 0 aromatic heterocycles. The van der Waals surface area contributed by atoms with Crippen LogP contribution in [0.1, 0.15) is 19.4 Å². The predicted octanol–water partition coefficient (Wildman–Crippen LogP) is 4.74. The van der Waals surface area contributed by atoms with Crippen molar-refractivity contribution in [2.45, 2.75) is 20.8 Å². The molecule has 0 radical (unpaired) electrons. The van der Waals surface area contributed by atoms with Gasteiger partial charge < -0.3 is 22.6 Å². The van der Waals surface area contributed by atoms with Gasteiger partial charge in [-0.2, -0.15) is 16.8 Å². The summed E-state index contributed by atoms with van der Waals surface area (Å²) in [7, 11) is -9.10. The minimum Gasteiger partial charge on any atom is -0.496 e. The fraction of sp³-hybridized carbons (Fsp3) is 0.310. The molecule has 0 amide bonds. The van der Waals surface area contributed by atoms with E-state index in [4.69, 9.17) is 22.6 Å². The largest absolute Gasteiger partial charge is 0.496 e. The molecule has 0 aliphatic rings. The van der Waals surface area contributed by atoms with Gasteiger partial charge in [0.15, 0.2) is 23.0 Å². The maximum Gasteiger partial charge on any atom is 0.306 e. The van der Waals surface area contributed by atoms with Crippen molar-refractivity contribution in [2.24, 2.45) is 0 Å². The van der Waals surface area contributed by atoms with E-state index in [2.05, 4.69) is 4.72 Å². The summed E-state index contributed by atoms with van der Waals surface area (Å²) in [5, 5.41) is 0. The molecule has 240 valence electrons. The van der Waals surface area contributed by atoms with E-state index in [0.717, 1.165) is 24.3 Å². The van der Waals surface area contributed by atoms with E-state index in [1.54, 1.807) is 43.3 Å². The lowest BCUT2D eigenvalue weighted by Gasteiger charge is -2.21. The monoisotopic (exact) mass is 669 g/mol. The molecular formula is C29H35NO11S3. The van der Waals surface area contributed by atoms with Crippen molar-refractivity contribution in [3.05, 3.63) is 59.7 Å². The topological polar surface area (TPSA) is 161 Å². The highest BCUT2D eigenvalue weighted by Gasteiger charge is 2.27. The first-order valence-corrected chi connectivity index (χ1v) is 18.4. The Labute approximate surface area is 258 Å². The van der Waals surface area contributed by atoms with Gasteiger partial charge in [0, 0.05) is 5.56 Å². The van der Waals surface area contributed by atoms with Crippen molar-refractivity contribution in [1.29, 1.82) is 0 Å². The van der Waals surface area contributed by atoms with Crippen LogP contribution in [0.5, 0.6) is 28.7 Å². The molecule has 0 heterocycles. The van der Waals surface area contributed by atoms with Gasteiger partial charge in [-0.3, -0.25) is 4.72 Å². The van der Waals surface area contributed by atoms with Gasteiger partial charge >= 0.3 is 20.2 Å². The Morgan fingerprint density at radius 1 is 0.750 bits per heavy atom. The quantitative estimate of drug-likeness (QED) is 0.198. The number of anilines is 1. The van der Waals surface area contributed by atoms with E-state index in [1.807, 2.05) is 13.8 Å². The van der Waals surface area contributed by atoms with E-state index in [0.29, 0.717) is 22.4 Å². The molecule has 3 rings (SSSR count). The van der Waals surface area contributed by atoms with Crippen LogP contribution in [0.3, 0.4) is 0 Å². The summed E-state index contributed by atoms with van der Waals surface area (Å²) in [6, 6.07) is 10.9. The molecule has 0 saturated heterocycles. The predicted molar refractivity (Wildman–Crippen MR) is 169 cm³/mol. The van der Waals surface area contributed by atoms with Gasteiger partial charge in [-0.25, -0.2) is 8.42 Å². The molecule has 0 aliphatic heterocycles. The number of nitrogens with one attached hydrogen (secondary N) is 1. The lowest BCUT2D eigenvalue weighted by Crippen LogP contribution is -2.11. The minimum atomic E-state index is -4.16. The van der Waals surface area contributed by atoms with Gasteiger partial charge in [0.2, 0.25) is 10.0 Å². The number of aryl methyl sites for hydroxylation is 1. The van der Waals surface area contributed by atoms with Crippen LogP contribution < -0.4 is 27.3 Å². The number of ether oxygens (including phenoxy) is 3. The van der Waals surface area contributed by atoms with Crippen molar-refractivity contribution in [1.82, 2.24) is 0 Å². The molecule has 12 nitrogen and oxygen atoms in total. The van der Waals surface area contributed by atoms with Crippen LogP contribution in [0.4, 0.5) is 5.69 Å². The number of methoxy groups -OCH3 is 2. The van der Waals surface area contributed by atoms with E-state index < -0.39 is 30.3 Å². The molecule has 1 N–H and O–H groups in total. The summed E-state index contributed by atoms with van der Waals surface area (Å²) in [4.78, 5) is 0. The highest BCUT2D eigenvalue weighted by Crippen LogP contribution is 2.52. The first-order chi connectivity index (χ1) is 20.3. The highest BCUT2D eigenvalue weighted by molar-refractivity contribution is 7.92. The van der Waals surface area contributed by atoms with Crippen LogP contribution >= 0.6 is 0 Å². The third-order valence-electron chi connectivity index (χ3n) is 5.91. The van der Waals surface area contributed by atoms with E-state index in [-0.39, 0.29) is 46.5 Å². The Morgan fingerprint density at radius 2 is 1.39 bits per heavy atom. The first-order valence-electron chi connectivity index (χ1n) is 12.9. The van der Waals surface area contributed by atoms with Crippen LogP contribution in [0, 0.1) is 6.92 Å². The number of hydrogen-bond donors (Lipinski definition) is 1. The van der Waals surface area contributed by atoms with Gasteiger partial charge in [-0.05, 0) is 67.8 Å². The summed E-state index contributed by atoms with van der Waals surface area (Å²) < 4.78 is 103. The van der Waals surface area contributed by atoms with E-state index in [9.17, 15) is 25.3 Å². The summed E-state index contributed by atoms with van der Waals surface area (Å²) in [6.45, 7) is 5.63. The number of benzene rings is 3. The Bertz CT molecular complexity index is 1910. The standard InChI is InChI=1S/C29H35NO11S3/c1-18(2)13-14-39-24-12-11-21(16-25(24)40-43(7,33)34)27-26(37-4)17-22(28(38-5)29(27)41-44(8,35)36)20-10-9-19(3)23(15-20)30-42(6,31)32/h9-13,15-17,30H,14H2,1-8H3. The molecule has 0 saturated carbocycles. The van der Waals surface area contributed by atoms with Gasteiger partial charge in [-0.1, -0.05) is 23.8 Å². The summed E-state index contributed by atoms with van der Waals surface area (Å²) in [5.41, 5.74) is 3.05. The summed E-state index contributed by atoms with van der Waals surface area (Å²) >= 11 is 0. The summed E-state index contributed by atoms with van der Waals surface area (Å²) in [5.74, 6) is -0.185. The molecular weight excluding hydrogens is 635 g/mol. The number of hydrogen-bond acceptors (Lipinski definition) is 11. The number of sulfonamides is 1. The molecule has 15 heteroatoms. The normalized spacial score (nSPS) is 11.8. The van der Waals surface area contributed by atoms with Crippen LogP contribution in [0.2, 0.25) is 0 Å². The second kappa shape index (κ2) is 13.4. The molecule has 0 atom stereocenters. The van der Waals surface area contributed by atoms with Crippen molar-refractivity contribution >= 4 is 35.9 Å². The van der Waals surface area contributed by atoms with Crippen molar-refractivity contribution < 1.29 is 47.8 Å². The van der Waals surface area contributed by atoms with Gasteiger partial charge in [0.25, 0.3) is 0 Å². The maximum atomic E-state index is 12.5. The van der Waals surface area contributed by atoms with E-state index >= 15 is 0 Å². The Morgan fingerprint density at radius 3 is 1.93 bits per heavy atom. The van der Waals surface area contributed by atoms with Crippen LogP contribution in [0.25, 0.3) is 22.3 Å². The van der Waals surface area contributed by atoms with Gasteiger partial charge in [-0.15, -0.1) is 0 Å². The SMILES string of the molecule is COc1cc(-c2ccc(C)c(NS(C)(=O)=O)c2)c(OC)c(OS(C)(=O)=O)c1-c1ccc(OCC=C(C)C)c(OS(C)(=O)=O)c1. The number of rotatable bonds is 13.